The van der Waals surface area contributed by atoms with Gasteiger partial charge in [-0.3, -0.25) is 0 Å². The van der Waals surface area contributed by atoms with E-state index < -0.39 is 5.97 Å². The molecule has 19 heavy (non-hydrogen) atoms. The van der Waals surface area contributed by atoms with Gasteiger partial charge in [-0.05, 0) is 24.6 Å². The van der Waals surface area contributed by atoms with Gasteiger partial charge in [0.25, 0.3) is 0 Å². The summed E-state index contributed by atoms with van der Waals surface area (Å²) in [7, 11) is 0. The number of nitrogens with two attached hydrogens (primary N) is 1. The third-order valence-corrected chi connectivity index (χ3v) is 3.12. The predicted octanol–water partition coefficient (Wildman–Crippen LogP) is 3.74. The molecule has 4 nitrogen and oxygen atoms in total. The van der Waals surface area contributed by atoms with Crippen LogP contribution in [0, 0.1) is 0 Å². The second kappa shape index (κ2) is 8.40. The maximum absolute atomic E-state index is 11.1. The number of unbranched alkanes of at least 4 members (excludes halogenated alkanes) is 5. The fraction of sp³-hybridized carbons (Fsp3) is 0.533. The fourth-order valence-corrected chi connectivity index (χ4v) is 2.02. The average Bonchev–Trinajstić information content (AvgIpc) is 2.37. The number of carboxylic acid groups (broad SMARTS) is 1. The average molecular weight is 264 g/mol. The van der Waals surface area contributed by atoms with Gasteiger partial charge in [-0.2, -0.15) is 0 Å². The van der Waals surface area contributed by atoms with Crippen molar-refractivity contribution in [2.75, 3.05) is 17.6 Å². The van der Waals surface area contributed by atoms with Crippen LogP contribution >= 0.6 is 0 Å². The number of anilines is 2. The van der Waals surface area contributed by atoms with Gasteiger partial charge in [-0.15, -0.1) is 0 Å². The van der Waals surface area contributed by atoms with Crippen molar-refractivity contribution in [1.82, 2.24) is 0 Å². The lowest BCUT2D eigenvalue weighted by atomic mass is 10.1. The summed E-state index contributed by atoms with van der Waals surface area (Å²) < 4.78 is 0. The highest BCUT2D eigenvalue weighted by molar-refractivity contribution is 5.95. The first-order chi connectivity index (χ1) is 9.15. The van der Waals surface area contributed by atoms with Crippen molar-refractivity contribution in [3.8, 4) is 0 Å². The smallest absolute Gasteiger partial charge is 0.337 e. The summed E-state index contributed by atoms with van der Waals surface area (Å²) in [4.78, 5) is 11.1. The van der Waals surface area contributed by atoms with Gasteiger partial charge in [0.1, 0.15) is 0 Å². The van der Waals surface area contributed by atoms with Crippen molar-refractivity contribution < 1.29 is 9.90 Å². The maximum Gasteiger partial charge on any atom is 0.337 e. The SMILES string of the molecule is CCCCCCCCNc1cc(N)ccc1C(=O)O. The minimum absolute atomic E-state index is 0.278. The third kappa shape index (κ3) is 5.64. The van der Waals surface area contributed by atoms with Crippen molar-refractivity contribution in [1.29, 1.82) is 0 Å². The topological polar surface area (TPSA) is 75.3 Å². The summed E-state index contributed by atoms with van der Waals surface area (Å²) in [5.41, 5.74) is 7.15. The number of nitrogens with one attached hydrogen (secondary N) is 1. The van der Waals surface area contributed by atoms with Gasteiger partial charge in [0.05, 0.1) is 11.3 Å². The molecule has 0 saturated heterocycles. The normalized spacial score (nSPS) is 10.4. The summed E-state index contributed by atoms with van der Waals surface area (Å²) in [5.74, 6) is -0.926. The number of hydrogen-bond donors (Lipinski definition) is 3. The van der Waals surface area contributed by atoms with E-state index in [1.54, 1.807) is 18.2 Å². The number of benzene rings is 1. The molecule has 0 aromatic heterocycles. The number of carbonyl (C=O) groups is 1. The molecule has 106 valence electrons. The maximum atomic E-state index is 11.1. The molecular weight excluding hydrogens is 240 g/mol. The molecule has 0 spiro atoms. The largest absolute Gasteiger partial charge is 0.478 e. The van der Waals surface area contributed by atoms with E-state index in [2.05, 4.69) is 12.2 Å². The van der Waals surface area contributed by atoms with Gasteiger partial charge < -0.3 is 16.2 Å². The van der Waals surface area contributed by atoms with E-state index in [9.17, 15) is 4.79 Å². The molecule has 0 atom stereocenters. The van der Waals surface area contributed by atoms with Gasteiger partial charge in [0.2, 0.25) is 0 Å². The van der Waals surface area contributed by atoms with E-state index in [4.69, 9.17) is 10.8 Å². The summed E-state index contributed by atoms with van der Waals surface area (Å²) >= 11 is 0. The molecule has 0 fully saturated rings. The number of rotatable bonds is 9. The highest BCUT2D eigenvalue weighted by Crippen LogP contribution is 2.19. The first-order valence-electron chi connectivity index (χ1n) is 7.02. The summed E-state index contributed by atoms with van der Waals surface area (Å²) in [5, 5.41) is 12.2. The highest BCUT2D eigenvalue weighted by atomic mass is 16.4. The quantitative estimate of drug-likeness (QED) is 0.469. The molecule has 1 rings (SSSR count). The van der Waals surface area contributed by atoms with E-state index in [1.165, 1.54) is 32.1 Å². The van der Waals surface area contributed by atoms with Crippen LogP contribution in [-0.2, 0) is 0 Å². The summed E-state index contributed by atoms with van der Waals surface area (Å²) in [6.07, 6.45) is 7.32. The molecule has 1 aromatic carbocycles. The zero-order valence-electron chi connectivity index (χ0n) is 11.6. The molecule has 0 amide bonds. The first kappa shape index (κ1) is 15.3. The molecule has 0 bridgehead atoms. The fourth-order valence-electron chi connectivity index (χ4n) is 2.02. The zero-order chi connectivity index (χ0) is 14.1. The standard InChI is InChI=1S/C15H24N2O2/c1-2-3-4-5-6-7-10-17-14-11-12(16)8-9-13(14)15(18)19/h8-9,11,17H,2-7,10,16H2,1H3,(H,18,19). The molecular formula is C15H24N2O2. The van der Waals surface area contributed by atoms with Crippen LogP contribution in [-0.4, -0.2) is 17.6 Å². The summed E-state index contributed by atoms with van der Waals surface area (Å²) in [6, 6.07) is 4.83. The lowest BCUT2D eigenvalue weighted by Crippen LogP contribution is -2.08. The monoisotopic (exact) mass is 264 g/mol. The molecule has 0 aliphatic carbocycles. The Morgan fingerprint density at radius 1 is 1.21 bits per heavy atom. The van der Waals surface area contributed by atoms with E-state index in [1.807, 2.05) is 0 Å². The Kier molecular flexibility index (Phi) is 6.79. The molecule has 4 N–H and O–H groups in total. The molecule has 0 aliphatic rings. The number of carboxylic acids is 1. The molecule has 0 saturated carbocycles. The second-order valence-corrected chi connectivity index (χ2v) is 4.80. The van der Waals surface area contributed by atoms with E-state index >= 15 is 0 Å². The van der Waals surface area contributed by atoms with Crippen LogP contribution < -0.4 is 11.1 Å². The zero-order valence-corrected chi connectivity index (χ0v) is 11.6. The van der Waals surface area contributed by atoms with Crippen LogP contribution in [0.2, 0.25) is 0 Å². The molecule has 4 heteroatoms. The van der Waals surface area contributed by atoms with E-state index in [0.717, 1.165) is 13.0 Å². The van der Waals surface area contributed by atoms with Crippen molar-refractivity contribution >= 4 is 17.3 Å². The molecule has 1 aromatic rings. The molecule has 0 heterocycles. The molecule has 0 unspecified atom stereocenters. The Balaban J connectivity index is 2.36. The van der Waals surface area contributed by atoms with Crippen molar-refractivity contribution in [3.05, 3.63) is 23.8 Å². The van der Waals surface area contributed by atoms with Crippen LogP contribution in [0.25, 0.3) is 0 Å². The van der Waals surface area contributed by atoms with Gasteiger partial charge in [0.15, 0.2) is 0 Å². The van der Waals surface area contributed by atoms with Crippen molar-refractivity contribution in [3.63, 3.8) is 0 Å². The van der Waals surface area contributed by atoms with Crippen molar-refractivity contribution in [2.45, 2.75) is 45.4 Å². The number of aromatic carboxylic acids is 1. The summed E-state index contributed by atoms with van der Waals surface area (Å²) in [6.45, 7) is 2.99. The molecule has 0 radical (unpaired) electrons. The highest BCUT2D eigenvalue weighted by Gasteiger charge is 2.09. The number of nitrogen functional groups attached to an aromatic ring is 1. The van der Waals surface area contributed by atoms with Gasteiger partial charge in [-0.25, -0.2) is 4.79 Å². The van der Waals surface area contributed by atoms with Crippen LogP contribution in [0.1, 0.15) is 55.8 Å². The first-order valence-corrected chi connectivity index (χ1v) is 7.02. The Morgan fingerprint density at radius 2 is 1.89 bits per heavy atom. The van der Waals surface area contributed by atoms with Gasteiger partial charge in [0, 0.05) is 12.2 Å². The number of hydrogen-bond acceptors (Lipinski definition) is 3. The van der Waals surface area contributed by atoms with Crippen LogP contribution in [0.4, 0.5) is 11.4 Å². The van der Waals surface area contributed by atoms with Gasteiger partial charge >= 0.3 is 5.97 Å². The Morgan fingerprint density at radius 3 is 2.58 bits per heavy atom. The Bertz CT molecular complexity index is 405. The lowest BCUT2D eigenvalue weighted by molar-refractivity contribution is 0.0698. The van der Waals surface area contributed by atoms with Crippen molar-refractivity contribution in [2.24, 2.45) is 0 Å². The van der Waals surface area contributed by atoms with E-state index in [-0.39, 0.29) is 5.56 Å². The molecule has 0 aliphatic heterocycles. The van der Waals surface area contributed by atoms with E-state index in [0.29, 0.717) is 11.4 Å². The Hall–Kier alpha value is -1.71. The third-order valence-electron chi connectivity index (χ3n) is 3.12. The van der Waals surface area contributed by atoms with Gasteiger partial charge in [-0.1, -0.05) is 39.0 Å². The minimum atomic E-state index is -0.926. The van der Waals surface area contributed by atoms with Crippen LogP contribution in [0.5, 0.6) is 0 Å². The van der Waals surface area contributed by atoms with Crippen LogP contribution in [0.3, 0.4) is 0 Å². The lowest BCUT2D eigenvalue weighted by Gasteiger charge is -2.10. The predicted molar refractivity (Wildman–Crippen MR) is 79.7 cm³/mol. The Labute approximate surface area is 115 Å². The minimum Gasteiger partial charge on any atom is -0.478 e. The second-order valence-electron chi connectivity index (χ2n) is 4.80. The van der Waals surface area contributed by atoms with Crippen LogP contribution in [0.15, 0.2) is 18.2 Å².